The van der Waals surface area contributed by atoms with Crippen molar-refractivity contribution < 1.29 is 32.9 Å². The number of amides is 1. The Balaban J connectivity index is 0.721. The molecule has 1 unspecified atom stereocenters. The van der Waals surface area contributed by atoms with E-state index in [-0.39, 0.29) is 12.5 Å². The first-order valence-corrected chi connectivity index (χ1v) is 31.0. The SMILES string of the molecule is CCCCCCCCCCCCCCCCCCCCCCOCCCCCCCCCCCCOc1ccc2c(c1)C(OC(=O)CNC(=O)OCC1c3ccccc3-c3ccccc31)(c1cccc(F)c1)c1ccccc1-2. The van der Waals surface area contributed by atoms with Crippen molar-refractivity contribution in [1.82, 2.24) is 5.32 Å². The Bertz CT molecular complexity index is 2480. The van der Waals surface area contributed by atoms with Gasteiger partial charge in [-0.1, -0.05) is 271 Å². The molecule has 0 spiro atoms. The van der Waals surface area contributed by atoms with Crippen LogP contribution in [0.4, 0.5) is 9.18 Å². The molecular weight excluding hydrogens is 970 g/mol. The average Bonchev–Trinajstić information content (AvgIpc) is 3.86. The van der Waals surface area contributed by atoms with Gasteiger partial charge in [0.1, 0.15) is 24.7 Å². The van der Waals surface area contributed by atoms with E-state index in [1.807, 2.05) is 66.7 Å². The Labute approximate surface area is 469 Å². The molecule has 422 valence electrons. The molecule has 7 nitrogen and oxygen atoms in total. The quantitative estimate of drug-likeness (QED) is 0.0310. The van der Waals surface area contributed by atoms with Crippen molar-refractivity contribution >= 4 is 12.1 Å². The fourth-order valence-electron chi connectivity index (χ4n) is 12.0. The second-order valence-electron chi connectivity index (χ2n) is 22.3. The van der Waals surface area contributed by atoms with E-state index in [1.54, 1.807) is 12.1 Å². The number of halogens is 1. The summed E-state index contributed by atoms with van der Waals surface area (Å²) < 4.78 is 39.6. The first-order chi connectivity index (χ1) is 38.5. The number of hydrogen-bond donors (Lipinski definition) is 1. The molecule has 2 aliphatic rings. The van der Waals surface area contributed by atoms with Crippen molar-refractivity contribution in [3.05, 3.63) is 149 Å². The minimum absolute atomic E-state index is 0.113. The van der Waals surface area contributed by atoms with E-state index in [2.05, 4.69) is 36.5 Å². The maximum atomic E-state index is 15.1. The van der Waals surface area contributed by atoms with Gasteiger partial charge in [-0.15, -0.1) is 0 Å². The molecule has 0 aromatic heterocycles. The fraction of sp³-hybridized carbons (Fsp3) is 0.543. The zero-order chi connectivity index (χ0) is 54.3. The molecule has 0 bridgehead atoms. The van der Waals surface area contributed by atoms with E-state index < -0.39 is 30.0 Å². The standard InChI is InChI=1S/C70H94FNO6/c1-2-3-4-5-6-7-8-9-10-11-12-13-14-15-16-17-20-23-26-35-49-75-50-36-27-24-21-18-19-22-25-28-37-51-76-58-47-48-64-63-45-33-34-46-66(63)70(67(64)53-58,56-39-38-40-57(71)52-56)78-68(73)54-72-69(74)77-55-65-61-43-31-29-41-59(61)60-42-30-32-44-62(60)65/h29-34,38-48,52-53,65H,2-28,35-37,49-51,54-55H2,1H3,(H,72,74). The van der Waals surface area contributed by atoms with Crippen molar-refractivity contribution in [1.29, 1.82) is 0 Å². The highest BCUT2D eigenvalue weighted by Crippen LogP contribution is 2.54. The summed E-state index contributed by atoms with van der Waals surface area (Å²) in [4.78, 5) is 27.1. The number of benzene rings is 5. The molecule has 0 aliphatic heterocycles. The fourth-order valence-corrected chi connectivity index (χ4v) is 12.0. The Kier molecular flexibility index (Phi) is 26.6. The smallest absolute Gasteiger partial charge is 0.407 e. The van der Waals surface area contributed by atoms with Gasteiger partial charge < -0.3 is 24.3 Å². The lowest BCUT2D eigenvalue weighted by molar-refractivity contribution is -0.152. The summed E-state index contributed by atoms with van der Waals surface area (Å²) in [7, 11) is 0. The third-order valence-corrected chi connectivity index (χ3v) is 16.3. The summed E-state index contributed by atoms with van der Waals surface area (Å²) in [6, 6.07) is 36.0. The molecule has 0 radical (unpaired) electrons. The minimum Gasteiger partial charge on any atom is -0.494 e. The van der Waals surface area contributed by atoms with Crippen LogP contribution in [0.1, 0.15) is 233 Å². The first kappa shape index (κ1) is 60.2. The van der Waals surface area contributed by atoms with Crippen molar-refractivity contribution in [3.63, 3.8) is 0 Å². The number of rotatable bonds is 41. The van der Waals surface area contributed by atoms with Crippen molar-refractivity contribution in [2.24, 2.45) is 0 Å². The molecule has 1 N–H and O–H groups in total. The normalized spacial score (nSPS) is 14.2. The van der Waals surface area contributed by atoms with Gasteiger partial charge in [0.15, 0.2) is 5.60 Å². The molecule has 1 amide bonds. The largest absolute Gasteiger partial charge is 0.494 e. The number of carbonyl (C=O) groups is 2. The zero-order valence-electron chi connectivity index (χ0n) is 47.6. The Hall–Kier alpha value is -5.47. The van der Waals surface area contributed by atoms with Crippen LogP contribution in [0, 0.1) is 5.82 Å². The first-order valence-electron chi connectivity index (χ1n) is 31.0. The van der Waals surface area contributed by atoms with Gasteiger partial charge in [0.05, 0.1) is 6.61 Å². The molecule has 0 fully saturated rings. The van der Waals surface area contributed by atoms with Gasteiger partial charge >= 0.3 is 12.1 Å². The van der Waals surface area contributed by atoms with Crippen LogP contribution in [-0.2, 0) is 24.6 Å². The highest BCUT2D eigenvalue weighted by atomic mass is 19.1. The topological polar surface area (TPSA) is 83.1 Å². The molecule has 8 heteroatoms. The molecular formula is C70H94FNO6. The summed E-state index contributed by atoms with van der Waals surface area (Å²) >= 11 is 0. The number of alkyl carbamates (subject to hydrolysis) is 1. The number of ether oxygens (including phenoxy) is 4. The molecule has 7 rings (SSSR count). The van der Waals surface area contributed by atoms with Gasteiger partial charge in [-0.05, 0) is 76.9 Å². The van der Waals surface area contributed by atoms with Gasteiger partial charge in [0.2, 0.25) is 0 Å². The molecule has 2 aliphatic carbocycles. The van der Waals surface area contributed by atoms with E-state index in [1.165, 1.54) is 192 Å². The number of fused-ring (bicyclic) bond motifs is 6. The lowest BCUT2D eigenvalue weighted by atomic mass is 9.83. The van der Waals surface area contributed by atoms with Crippen LogP contribution in [0.3, 0.4) is 0 Å². The molecule has 0 heterocycles. The molecule has 5 aromatic rings. The van der Waals surface area contributed by atoms with Gasteiger partial charge in [-0.3, -0.25) is 4.79 Å². The van der Waals surface area contributed by atoms with Crippen molar-refractivity contribution in [2.45, 2.75) is 211 Å². The van der Waals surface area contributed by atoms with E-state index in [0.717, 1.165) is 59.4 Å². The van der Waals surface area contributed by atoms with Crippen molar-refractivity contribution in [2.75, 3.05) is 33.0 Å². The van der Waals surface area contributed by atoms with Crippen LogP contribution in [0.5, 0.6) is 5.75 Å². The number of nitrogens with one attached hydrogen (secondary N) is 1. The Morgan fingerprint density at radius 3 is 1.46 bits per heavy atom. The molecule has 1 atom stereocenters. The van der Waals surface area contributed by atoms with Crippen LogP contribution >= 0.6 is 0 Å². The molecule has 5 aromatic carbocycles. The highest BCUT2D eigenvalue weighted by Gasteiger charge is 2.49. The number of esters is 1. The van der Waals surface area contributed by atoms with E-state index in [4.69, 9.17) is 18.9 Å². The van der Waals surface area contributed by atoms with Gasteiger partial charge in [-0.2, -0.15) is 0 Å². The summed E-state index contributed by atoms with van der Waals surface area (Å²) in [6.07, 6.45) is 39.6. The third-order valence-electron chi connectivity index (χ3n) is 16.3. The van der Waals surface area contributed by atoms with Crippen LogP contribution < -0.4 is 10.1 Å². The van der Waals surface area contributed by atoms with Crippen LogP contribution in [0.2, 0.25) is 0 Å². The Morgan fingerprint density at radius 1 is 0.474 bits per heavy atom. The lowest BCUT2D eigenvalue weighted by Gasteiger charge is -2.32. The molecule has 78 heavy (non-hydrogen) atoms. The number of unbranched alkanes of at least 4 members (excludes halogenated alkanes) is 28. The summed E-state index contributed by atoms with van der Waals surface area (Å²) in [5.41, 5.74) is 6.54. The Morgan fingerprint density at radius 2 is 0.936 bits per heavy atom. The number of carbonyl (C=O) groups excluding carboxylic acids is 2. The predicted octanol–water partition coefficient (Wildman–Crippen LogP) is 19.3. The summed E-state index contributed by atoms with van der Waals surface area (Å²) in [5.74, 6) is -0.623. The van der Waals surface area contributed by atoms with E-state index >= 15 is 4.39 Å². The van der Waals surface area contributed by atoms with Crippen LogP contribution in [-0.4, -0.2) is 45.0 Å². The summed E-state index contributed by atoms with van der Waals surface area (Å²) in [5, 5.41) is 2.62. The maximum Gasteiger partial charge on any atom is 0.407 e. The number of hydrogen-bond acceptors (Lipinski definition) is 6. The lowest BCUT2D eigenvalue weighted by Crippen LogP contribution is -2.38. The monoisotopic (exact) mass is 1060 g/mol. The highest BCUT2D eigenvalue weighted by molar-refractivity contribution is 5.86. The minimum atomic E-state index is -1.49. The third kappa shape index (κ3) is 18.6. The maximum absolute atomic E-state index is 15.1. The van der Waals surface area contributed by atoms with Crippen LogP contribution in [0.25, 0.3) is 22.3 Å². The van der Waals surface area contributed by atoms with Gasteiger partial charge in [-0.25, -0.2) is 9.18 Å². The van der Waals surface area contributed by atoms with E-state index in [0.29, 0.717) is 29.0 Å². The van der Waals surface area contributed by atoms with E-state index in [9.17, 15) is 9.59 Å². The molecule has 0 saturated carbocycles. The average molecular weight is 1060 g/mol. The molecule has 0 saturated heterocycles. The second-order valence-corrected chi connectivity index (χ2v) is 22.3. The zero-order valence-corrected chi connectivity index (χ0v) is 47.6. The predicted molar refractivity (Wildman–Crippen MR) is 318 cm³/mol. The summed E-state index contributed by atoms with van der Waals surface area (Å²) in [6.45, 7) is 4.36. The van der Waals surface area contributed by atoms with Gasteiger partial charge in [0, 0.05) is 35.8 Å². The second kappa shape index (κ2) is 34.5. The van der Waals surface area contributed by atoms with Crippen LogP contribution in [0.15, 0.2) is 115 Å². The van der Waals surface area contributed by atoms with Gasteiger partial charge in [0.25, 0.3) is 0 Å². The van der Waals surface area contributed by atoms with Crippen molar-refractivity contribution in [3.8, 4) is 28.0 Å².